The van der Waals surface area contributed by atoms with E-state index in [1.54, 1.807) is 12.1 Å². The summed E-state index contributed by atoms with van der Waals surface area (Å²) in [6, 6.07) is 21.3. The van der Waals surface area contributed by atoms with E-state index in [1.807, 2.05) is 62.4 Å². The highest BCUT2D eigenvalue weighted by molar-refractivity contribution is 8.00. The first-order chi connectivity index (χ1) is 14.5. The van der Waals surface area contributed by atoms with Gasteiger partial charge in [0.2, 0.25) is 5.16 Å². The van der Waals surface area contributed by atoms with E-state index in [1.165, 1.54) is 28.6 Å². The van der Waals surface area contributed by atoms with Gasteiger partial charge < -0.3 is 0 Å². The van der Waals surface area contributed by atoms with Crippen molar-refractivity contribution in [2.24, 2.45) is 0 Å². The van der Waals surface area contributed by atoms with E-state index in [0.29, 0.717) is 16.4 Å². The summed E-state index contributed by atoms with van der Waals surface area (Å²) < 4.78 is 15.1. The van der Waals surface area contributed by atoms with Crippen LogP contribution in [0.1, 0.15) is 32.3 Å². The van der Waals surface area contributed by atoms with Gasteiger partial charge in [0, 0.05) is 5.56 Å². The molecule has 4 rings (SSSR count). The minimum atomic E-state index is -0.549. The topological polar surface area (TPSA) is 60.7 Å². The smallest absolute Gasteiger partial charge is 0.215 e. The van der Waals surface area contributed by atoms with Gasteiger partial charge in [0.25, 0.3) is 0 Å². The highest BCUT2D eigenvalue weighted by Gasteiger charge is 2.26. The molecule has 0 amide bonds. The molecule has 0 spiro atoms. The van der Waals surface area contributed by atoms with Gasteiger partial charge in [-0.2, -0.15) is 4.68 Å². The van der Waals surface area contributed by atoms with E-state index in [2.05, 4.69) is 15.5 Å². The molecule has 0 radical (unpaired) electrons. The molecule has 0 bridgehead atoms. The molecule has 30 heavy (non-hydrogen) atoms. The van der Waals surface area contributed by atoms with Crippen LogP contribution >= 0.6 is 11.8 Å². The Kier molecular flexibility index (Phi) is 5.72. The van der Waals surface area contributed by atoms with Gasteiger partial charge in [-0.1, -0.05) is 77.5 Å². The summed E-state index contributed by atoms with van der Waals surface area (Å²) in [5, 5.41) is 11.7. The molecule has 1 aromatic heterocycles. The number of rotatable bonds is 6. The van der Waals surface area contributed by atoms with Crippen LogP contribution in [0.15, 0.2) is 78.0 Å². The number of aromatic nitrogens is 4. The van der Waals surface area contributed by atoms with Crippen molar-refractivity contribution in [3.05, 3.63) is 101 Å². The van der Waals surface area contributed by atoms with Crippen LogP contribution in [-0.4, -0.2) is 26.0 Å². The normalized spacial score (nSPS) is 12.0. The lowest BCUT2D eigenvalue weighted by molar-refractivity contribution is 0.0989. The lowest BCUT2D eigenvalue weighted by Gasteiger charge is -2.16. The zero-order valence-corrected chi connectivity index (χ0v) is 17.3. The Balaban J connectivity index is 1.72. The van der Waals surface area contributed by atoms with Crippen LogP contribution < -0.4 is 0 Å². The van der Waals surface area contributed by atoms with Crippen LogP contribution in [-0.2, 0) is 0 Å². The van der Waals surface area contributed by atoms with E-state index >= 15 is 0 Å². The van der Waals surface area contributed by atoms with E-state index in [9.17, 15) is 9.18 Å². The fourth-order valence-electron chi connectivity index (χ4n) is 3.01. The standard InChI is InChI=1S/C23H19FN4OS/c1-15-6-10-17(11-7-15)21(29)22(18-12-8-16(2)9-13-18)30-23-25-26-27-28(23)20-5-3-4-19(24)14-20/h3-14,22H,1-2H3/t22-/m1/s1. The Morgan fingerprint density at radius 1 is 0.967 bits per heavy atom. The third-order valence-corrected chi connectivity index (χ3v) is 5.86. The molecule has 1 atom stereocenters. The van der Waals surface area contributed by atoms with Crippen molar-refractivity contribution in [3.63, 3.8) is 0 Å². The zero-order valence-electron chi connectivity index (χ0n) is 16.5. The van der Waals surface area contributed by atoms with E-state index in [4.69, 9.17) is 0 Å². The molecule has 5 nitrogen and oxygen atoms in total. The van der Waals surface area contributed by atoms with Crippen LogP contribution in [0.3, 0.4) is 0 Å². The Morgan fingerprint density at radius 3 is 2.30 bits per heavy atom. The van der Waals surface area contributed by atoms with Crippen molar-refractivity contribution in [2.75, 3.05) is 0 Å². The van der Waals surface area contributed by atoms with Gasteiger partial charge >= 0.3 is 0 Å². The third kappa shape index (κ3) is 4.31. The third-order valence-electron chi connectivity index (χ3n) is 4.67. The first kappa shape index (κ1) is 20.0. The fourth-order valence-corrected chi connectivity index (χ4v) is 4.08. The van der Waals surface area contributed by atoms with Gasteiger partial charge in [-0.25, -0.2) is 4.39 Å². The Bertz CT molecular complexity index is 1170. The number of thioether (sulfide) groups is 1. The monoisotopic (exact) mass is 418 g/mol. The molecule has 7 heteroatoms. The molecule has 0 fully saturated rings. The number of carbonyl (C=O) groups is 1. The summed E-state index contributed by atoms with van der Waals surface area (Å²) in [4.78, 5) is 13.4. The quantitative estimate of drug-likeness (QED) is 0.321. The minimum Gasteiger partial charge on any atom is -0.293 e. The summed E-state index contributed by atoms with van der Waals surface area (Å²) in [5.41, 5.74) is 4.15. The summed E-state index contributed by atoms with van der Waals surface area (Å²) in [6.07, 6.45) is 0. The lowest BCUT2D eigenvalue weighted by Crippen LogP contribution is -2.11. The number of carbonyl (C=O) groups excluding carboxylic acids is 1. The number of hydrogen-bond donors (Lipinski definition) is 0. The van der Waals surface area contributed by atoms with Gasteiger partial charge in [-0.15, -0.1) is 5.10 Å². The molecule has 1 heterocycles. The predicted octanol–water partition coefficient (Wildman–Crippen LogP) is 5.13. The number of nitrogens with zero attached hydrogens (tertiary/aromatic N) is 4. The molecule has 0 aliphatic rings. The second-order valence-corrected chi connectivity index (χ2v) is 8.06. The van der Waals surface area contributed by atoms with Crippen molar-refractivity contribution in [3.8, 4) is 5.69 Å². The molecule has 0 saturated heterocycles. The number of ketones is 1. The molecular weight excluding hydrogens is 399 g/mol. The highest BCUT2D eigenvalue weighted by atomic mass is 32.2. The molecule has 0 saturated carbocycles. The van der Waals surface area contributed by atoms with E-state index in [-0.39, 0.29) is 11.6 Å². The second-order valence-electron chi connectivity index (χ2n) is 6.99. The maximum absolute atomic E-state index is 13.7. The summed E-state index contributed by atoms with van der Waals surface area (Å²) in [6.45, 7) is 3.98. The summed E-state index contributed by atoms with van der Waals surface area (Å²) >= 11 is 1.24. The number of hydrogen-bond acceptors (Lipinski definition) is 5. The first-order valence-corrected chi connectivity index (χ1v) is 10.3. The number of halogens is 1. The molecule has 0 aliphatic heterocycles. The molecule has 0 N–H and O–H groups in total. The molecule has 0 aliphatic carbocycles. The summed E-state index contributed by atoms with van der Waals surface area (Å²) in [7, 11) is 0. The van der Waals surface area contributed by atoms with Crippen LogP contribution in [0, 0.1) is 19.7 Å². The summed E-state index contributed by atoms with van der Waals surface area (Å²) in [5.74, 6) is -0.428. The fraction of sp³-hybridized carbons (Fsp3) is 0.130. The van der Waals surface area contributed by atoms with Crippen molar-refractivity contribution in [1.82, 2.24) is 20.2 Å². The van der Waals surface area contributed by atoms with Crippen LogP contribution in [0.5, 0.6) is 0 Å². The van der Waals surface area contributed by atoms with Gasteiger partial charge in [-0.05, 0) is 48.0 Å². The maximum atomic E-state index is 13.7. The van der Waals surface area contributed by atoms with Crippen LogP contribution in [0.4, 0.5) is 4.39 Å². The maximum Gasteiger partial charge on any atom is 0.215 e. The molecule has 150 valence electrons. The van der Waals surface area contributed by atoms with E-state index in [0.717, 1.165) is 16.7 Å². The molecule has 4 aromatic rings. The Labute approximate surface area is 177 Å². The molecular formula is C23H19FN4OS. The highest BCUT2D eigenvalue weighted by Crippen LogP contribution is 2.37. The number of tetrazole rings is 1. The number of Topliss-reactive ketones (excluding diaryl/α,β-unsaturated/α-hetero) is 1. The van der Waals surface area contributed by atoms with Crippen molar-refractivity contribution in [1.29, 1.82) is 0 Å². The minimum absolute atomic E-state index is 0.0438. The largest absolute Gasteiger partial charge is 0.293 e. The van der Waals surface area contributed by atoms with Crippen molar-refractivity contribution < 1.29 is 9.18 Å². The zero-order chi connectivity index (χ0) is 21.1. The first-order valence-electron chi connectivity index (χ1n) is 9.40. The van der Waals surface area contributed by atoms with Gasteiger partial charge in [0.05, 0.1) is 5.69 Å². The average Bonchev–Trinajstić information content (AvgIpc) is 3.21. The lowest BCUT2D eigenvalue weighted by atomic mass is 10.0. The van der Waals surface area contributed by atoms with Crippen molar-refractivity contribution in [2.45, 2.75) is 24.3 Å². The Morgan fingerprint density at radius 2 is 1.63 bits per heavy atom. The molecule has 0 unspecified atom stereocenters. The average molecular weight is 418 g/mol. The second kappa shape index (κ2) is 8.59. The predicted molar refractivity (Wildman–Crippen MR) is 114 cm³/mol. The van der Waals surface area contributed by atoms with Gasteiger partial charge in [-0.3, -0.25) is 4.79 Å². The van der Waals surface area contributed by atoms with Gasteiger partial charge in [0.15, 0.2) is 5.78 Å². The molecule has 3 aromatic carbocycles. The van der Waals surface area contributed by atoms with Crippen LogP contribution in [0.25, 0.3) is 5.69 Å². The number of aryl methyl sites for hydroxylation is 2. The number of benzene rings is 3. The van der Waals surface area contributed by atoms with Crippen LogP contribution in [0.2, 0.25) is 0 Å². The van der Waals surface area contributed by atoms with E-state index < -0.39 is 5.25 Å². The Hall–Kier alpha value is -3.32. The van der Waals surface area contributed by atoms with Crippen molar-refractivity contribution >= 4 is 17.5 Å². The van der Waals surface area contributed by atoms with Gasteiger partial charge in [0.1, 0.15) is 11.1 Å². The SMILES string of the molecule is Cc1ccc(C(=O)[C@H](Sc2nnnn2-c2cccc(F)c2)c2ccc(C)cc2)cc1.